The first kappa shape index (κ1) is 16.3. The van der Waals surface area contributed by atoms with Crippen molar-refractivity contribution in [2.24, 2.45) is 0 Å². The average Bonchev–Trinajstić information content (AvgIpc) is 3.16. The van der Waals surface area contributed by atoms with E-state index < -0.39 is 0 Å². The zero-order valence-electron chi connectivity index (χ0n) is 14.7. The number of carbonyl (C=O) groups is 1. The first-order valence-corrected chi connectivity index (χ1v) is 9.80. The van der Waals surface area contributed by atoms with Gasteiger partial charge in [0.2, 0.25) is 5.91 Å². The maximum atomic E-state index is 12.3. The van der Waals surface area contributed by atoms with Gasteiger partial charge in [0.1, 0.15) is 5.65 Å². The Morgan fingerprint density at radius 2 is 2.20 bits per heavy atom. The Hall–Kier alpha value is -2.14. The molecule has 5 heteroatoms. The standard InChI is InChI=1S/C20H23N3OS/c1-3-4-5-14-7-8-17(25-14)15-10-19(24)21-11-16-20(15)23-12-13(2)6-9-18(23)22-16/h6-9,12,15H,3-5,10-11H2,1-2H3,(H,21,24)/t15-/m0/s1. The van der Waals surface area contributed by atoms with Crippen LogP contribution in [-0.4, -0.2) is 15.3 Å². The van der Waals surface area contributed by atoms with E-state index in [2.05, 4.69) is 54.0 Å². The van der Waals surface area contributed by atoms with E-state index in [0.29, 0.717) is 13.0 Å². The zero-order chi connectivity index (χ0) is 17.4. The van der Waals surface area contributed by atoms with Gasteiger partial charge in [-0.15, -0.1) is 11.3 Å². The summed E-state index contributed by atoms with van der Waals surface area (Å²) in [6, 6.07) is 8.58. The molecule has 3 aromatic rings. The Morgan fingerprint density at radius 3 is 3.04 bits per heavy atom. The van der Waals surface area contributed by atoms with Crippen LogP contribution >= 0.6 is 11.3 Å². The summed E-state index contributed by atoms with van der Waals surface area (Å²) in [5.41, 5.74) is 4.32. The lowest BCUT2D eigenvalue weighted by Crippen LogP contribution is -2.21. The number of rotatable bonds is 4. The lowest BCUT2D eigenvalue weighted by Gasteiger charge is -2.14. The summed E-state index contributed by atoms with van der Waals surface area (Å²) in [5, 5.41) is 3.01. The van der Waals surface area contributed by atoms with Gasteiger partial charge in [0.25, 0.3) is 0 Å². The molecule has 4 nitrogen and oxygen atoms in total. The number of amides is 1. The maximum absolute atomic E-state index is 12.3. The normalized spacial score (nSPS) is 17.4. The molecule has 4 rings (SSSR count). The fourth-order valence-corrected chi connectivity index (χ4v) is 4.71. The number of unbranched alkanes of at least 4 members (excludes halogenated alkanes) is 1. The van der Waals surface area contributed by atoms with Crippen LogP contribution in [0.2, 0.25) is 0 Å². The number of nitrogens with one attached hydrogen (secondary N) is 1. The third-order valence-corrected chi connectivity index (χ3v) is 6.11. The van der Waals surface area contributed by atoms with E-state index in [0.717, 1.165) is 17.8 Å². The number of nitrogens with zero attached hydrogens (tertiary/aromatic N) is 2. The summed E-state index contributed by atoms with van der Waals surface area (Å²) in [5.74, 6) is 0.183. The SMILES string of the molecule is CCCCc1ccc([C@@H]2CC(=O)NCc3nc4ccc(C)cn4c32)s1. The van der Waals surface area contributed by atoms with Crippen molar-refractivity contribution in [1.82, 2.24) is 14.7 Å². The number of hydrogen-bond donors (Lipinski definition) is 1. The van der Waals surface area contributed by atoms with Crippen molar-refractivity contribution in [2.45, 2.75) is 52.0 Å². The summed E-state index contributed by atoms with van der Waals surface area (Å²) < 4.78 is 2.18. The topological polar surface area (TPSA) is 46.4 Å². The molecule has 4 heterocycles. The van der Waals surface area contributed by atoms with E-state index in [1.807, 2.05) is 11.3 Å². The number of hydrogen-bond acceptors (Lipinski definition) is 3. The second-order valence-corrected chi connectivity index (χ2v) is 8.02. The smallest absolute Gasteiger partial charge is 0.221 e. The number of pyridine rings is 1. The van der Waals surface area contributed by atoms with Crippen LogP contribution < -0.4 is 5.32 Å². The molecule has 1 atom stereocenters. The van der Waals surface area contributed by atoms with Crippen molar-refractivity contribution in [2.75, 3.05) is 0 Å². The van der Waals surface area contributed by atoms with E-state index in [9.17, 15) is 4.79 Å². The Morgan fingerprint density at radius 1 is 1.32 bits per heavy atom. The molecule has 0 radical (unpaired) electrons. The predicted molar refractivity (Wildman–Crippen MR) is 101 cm³/mol. The van der Waals surface area contributed by atoms with Crippen molar-refractivity contribution in [3.8, 4) is 0 Å². The number of imidazole rings is 1. The predicted octanol–water partition coefficient (Wildman–Crippen LogP) is 4.20. The Labute approximate surface area is 151 Å². The highest BCUT2D eigenvalue weighted by Crippen LogP contribution is 2.37. The van der Waals surface area contributed by atoms with E-state index in [1.54, 1.807) is 0 Å². The molecule has 1 aliphatic rings. The van der Waals surface area contributed by atoms with Crippen LogP contribution in [0.15, 0.2) is 30.5 Å². The maximum Gasteiger partial charge on any atom is 0.221 e. The molecular formula is C20H23N3OS. The molecular weight excluding hydrogens is 330 g/mol. The molecule has 0 aromatic carbocycles. The molecule has 3 aromatic heterocycles. The summed E-state index contributed by atoms with van der Waals surface area (Å²) >= 11 is 1.85. The van der Waals surface area contributed by atoms with Gasteiger partial charge in [0.15, 0.2) is 0 Å². The summed E-state index contributed by atoms with van der Waals surface area (Å²) in [6.07, 6.45) is 6.16. The van der Waals surface area contributed by atoms with Gasteiger partial charge >= 0.3 is 0 Å². The van der Waals surface area contributed by atoms with Gasteiger partial charge in [-0.05, 0) is 43.5 Å². The van der Waals surface area contributed by atoms with Crippen LogP contribution in [0, 0.1) is 6.92 Å². The zero-order valence-corrected chi connectivity index (χ0v) is 15.5. The van der Waals surface area contributed by atoms with E-state index in [1.165, 1.54) is 33.9 Å². The van der Waals surface area contributed by atoms with Gasteiger partial charge in [-0.1, -0.05) is 19.4 Å². The molecule has 0 saturated carbocycles. The first-order chi connectivity index (χ1) is 12.2. The highest BCUT2D eigenvalue weighted by Gasteiger charge is 2.29. The number of thiophene rings is 1. The van der Waals surface area contributed by atoms with Gasteiger partial charge in [-0.3, -0.25) is 4.79 Å². The second kappa shape index (κ2) is 6.64. The molecule has 0 spiro atoms. The average molecular weight is 353 g/mol. The van der Waals surface area contributed by atoms with Crippen LogP contribution in [-0.2, 0) is 17.8 Å². The number of carbonyl (C=O) groups excluding carboxylic acids is 1. The highest BCUT2D eigenvalue weighted by molar-refractivity contribution is 7.12. The van der Waals surface area contributed by atoms with E-state index in [4.69, 9.17) is 4.98 Å². The lowest BCUT2D eigenvalue weighted by molar-refractivity contribution is -0.121. The van der Waals surface area contributed by atoms with Crippen molar-refractivity contribution in [3.05, 3.63) is 57.2 Å². The Bertz CT molecular complexity index is 924. The largest absolute Gasteiger partial charge is 0.350 e. The fourth-order valence-electron chi connectivity index (χ4n) is 3.56. The Kier molecular flexibility index (Phi) is 4.34. The second-order valence-electron chi connectivity index (χ2n) is 6.82. The summed E-state index contributed by atoms with van der Waals surface area (Å²) in [6.45, 7) is 4.82. The van der Waals surface area contributed by atoms with Gasteiger partial charge in [-0.25, -0.2) is 4.98 Å². The molecule has 0 unspecified atom stereocenters. The van der Waals surface area contributed by atoms with E-state index >= 15 is 0 Å². The highest BCUT2D eigenvalue weighted by atomic mass is 32.1. The van der Waals surface area contributed by atoms with Crippen LogP contribution in [0.1, 0.15) is 58.8 Å². The van der Waals surface area contributed by atoms with E-state index in [-0.39, 0.29) is 11.8 Å². The summed E-state index contributed by atoms with van der Waals surface area (Å²) in [7, 11) is 0. The number of fused-ring (bicyclic) bond motifs is 3. The lowest BCUT2D eigenvalue weighted by atomic mass is 9.98. The van der Waals surface area contributed by atoms with Crippen LogP contribution in [0.3, 0.4) is 0 Å². The Balaban J connectivity index is 1.81. The molecule has 0 fully saturated rings. The number of aromatic nitrogens is 2. The molecule has 0 bridgehead atoms. The summed E-state index contributed by atoms with van der Waals surface area (Å²) in [4.78, 5) is 19.7. The molecule has 1 amide bonds. The molecule has 25 heavy (non-hydrogen) atoms. The minimum absolute atomic E-state index is 0.0784. The van der Waals surface area contributed by atoms with Crippen molar-refractivity contribution >= 4 is 22.9 Å². The quantitative estimate of drug-likeness (QED) is 0.764. The monoisotopic (exact) mass is 353 g/mol. The minimum atomic E-state index is 0.0784. The molecule has 1 aliphatic heterocycles. The van der Waals surface area contributed by atoms with Gasteiger partial charge in [-0.2, -0.15) is 0 Å². The molecule has 0 aliphatic carbocycles. The van der Waals surface area contributed by atoms with Crippen LogP contribution in [0.4, 0.5) is 0 Å². The van der Waals surface area contributed by atoms with Crippen molar-refractivity contribution < 1.29 is 4.79 Å². The fraction of sp³-hybridized carbons (Fsp3) is 0.400. The minimum Gasteiger partial charge on any atom is -0.350 e. The third-order valence-electron chi connectivity index (χ3n) is 4.85. The van der Waals surface area contributed by atoms with Gasteiger partial charge < -0.3 is 9.72 Å². The van der Waals surface area contributed by atoms with Crippen LogP contribution in [0.25, 0.3) is 5.65 Å². The van der Waals surface area contributed by atoms with Crippen LogP contribution in [0.5, 0.6) is 0 Å². The van der Waals surface area contributed by atoms with Gasteiger partial charge in [0.05, 0.1) is 17.9 Å². The number of aryl methyl sites for hydroxylation is 2. The molecule has 1 N–H and O–H groups in total. The third kappa shape index (κ3) is 3.09. The van der Waals surface area contributed by atoms with Crippen molar-refractivity contribution in [1.29, 1.82) is 0 Å². The van der Waals surface area contributed by atoms with Gasteiger partial charge in [0, 0.05) is 28.3 Å². The molecule has 0 saturated heterocycles. The molecule has 130 valence electrons. The van der Waals surface area contributed by atoms with Crippen molar-refractivity contribution in [3.63, 3.8) is 0 Å². The first-order valence-electron chi connectivity index (χ1n) is 8.98.